The van der Waals surface area contributed by atoms with Gasteiger partial charge in [-0.1, -0.05) is 18.2 Å². The zero-order valence-corrected chi connectivity index (χ0v) is 15.6. The number of hydrogen-bond acceptors (Lipinski definition) is 6. The van der Waals surface area contributed by atoms with Crippen molar-refractivity contribution in [3.8, 4) is 0 Å². The van der Waals surface area contributed by atoms with Gasteiger partial charge in [0.05, 0.1) is 19.4 Å². The average Bonchev–Trinajstić information content (AvgIpc) is 3.25. The van der Waals surface area contributed by atoms with Crippen LogP contribution in [0.2, 0.25) is 0 Å². The molecule has 0 bridgehead atoms. The fourth-order valence-corrected chi connectivity index (χ4v) is 3.58. The van der Waals surface area contributed by atoms with Crippen molar-refractivity contribution >= 4 is 33.8 Å². The van der Waals surface area contributed by atoms with Crippen LogP contribution in [0.5, 0.6) is 0 Å². The molecule has 1 fully saturated rings. The first kappa shape index (κ1) is 16.9. The van der Waals surface area contributed by atoms with Crippen molar-refractivity contribution in [3.63, 3.8) is 0 Å². The minimum Gasteiger partial charge on any atom is -0.378 e. The van der Waals surface area contributed by atoms with Crippen molar-refractivity contribution in [1.82, 2.24) is 20.2 Å². The van der Waals surface area contributed by atoms with E-state index < -0.39 is 0 Å². The number of allylic oxidation sites excluding steroid dienone is 4. The predicted molar refractivity (Wildman–Crippen MR) is 111 cm³/mol. The van der Waals surface area contributed by atoms with E-state index in [9.17, 15) is 0 Å². The van der Waals surface area contributed by atoms with Crippen molar-refractivity contribution in [1.29, 1.82) is 0 Å². The fraction of sp³-hybridized carbons (Fsp3) is 0.286. The Labute approximate surface area is 163 Å². The molecule has 142 valence electrons. The summed E-state index contributed by atoms with van der Waals surface area (Å²) in [7, 11) is 0. The van der Waals surface area contributed by atoms with Crippen LogP contribution >= 0.6 is 0 Å². The molecule has 2 aliphatic rings. The average molecular weight is 374 g/mol. The van der Waals surface area contributed by atoms with Crippen molar-refractivity contribution in [3.05, 3.63) is 54.5 Å². The second-order valence-electron chi connectivity index (χ2n) is 6.96. The van der Waals surface area contributed by atoms with Crippen LogP contribution in [0.1, 0.15) is 18.7 Å². The summed E-state index contributed by atoms with van der Waals surface area (Å²) in [4.78, 5) is 11.8. The molecule has 3 heterocycles. The highest BCUT2D eigenvalue weighted by atomic mass is 16.5. The molecule has 28 heavy (non-hydrogen) atoms. The summed E-state index contributed by atoms with van der Waals surface area (Å²) in [5.74, 6) is 1.50. The van der Waals surface area contributed by atoms with Gasteiger partial charge in [-0.25, -0.2) is 9.97 Å². The topological polar surface area (TPSA) is 79.0 Å². The molecule has 7 nitrogen and oxygen atoms in total. The molecule has 5 rings (SSSR count). The van der Waals surface area contributed by atoms with Crippen molar-refractivity contribution < 1.29 is 4.74 Å². The molecule has 0 unspecified atom stereocenters. The number of aromatic nitrogens is 4. The van der Waals surface area contributed by atoms with E-state index in [1.54, 1.807) is 6.20 Å². The second-order valence-corrected chi connectivity index (χ2v) is 6.96. The number of rotatable bonds is 4. The molecule has 2 N–H and O–H groups in total. The first-order chi connectivity index (χ1) is 13.9. The number of ether oxygens (including phenoxy) is 1. The standard InChI is InChI=1S/C21H22N6O/c1-2-4-15(5-3-1)20-24-18-14-22-26-19(18)21(25-20)23-16-6-8-17(9-7-16)27-10-12-28-13-11-27/h1-2,4,6-9,14H,3,5,10-13H2,(H,22,26)(H,23,24,25). The largest absolute Gasteiger partial charge is 0.378 e. The number of H-pyrrole nitrogens is 1. The Hall–Kier alpha value is -3.19. The lowest BCUT2D eigenvalue weighted by Crippen LogP contribution is -2.36. The van der Waals surface area contributed by atoms with Crippen LogP contribution in [0.3, 0.4) is 0 Å². The van der Waals surface area contributed by atoms with Gasteiger partial charge in [-0.3, -0.25) is 5.10 Å². The molecule has 1 aromatic carbocycles. The van der Waals surface area contributed by atoms with Gasteiger partial charge in [-0.05, 0) is 42.7 Å². The molecule has 3 aromatic rings. The Morgan fingerprint density at radius 2 is 1.93 bits per heavy atom. The zero-order valence-electron chi connectivity index (χ0n) is 15.6. The lowest BCUT2D eigenvalue weighted by atomic mass is 10.0. The number of morpholine rings is 1. The molecule has 0 spiro atoms. The summed E-state index contributed by atoms with van der Waals surface area (Å²) in [6.45, 7) is 3.43. The van der Waals surface area contributed by atoms with Crippen LogP contribution in [0.25, 0.3) is 16.6 Å². The number of benzene rings is 1. The normalized spacial score (nSPS) is 17.0. The molecule has 7 heteroatoms. The lowest BCUT2D eigenvalue weighted by molar-refractivity contribution is 0.122. The number of nitrogens with zero attached hydrogens (tertiary/aromatic N) is 4. The van der Waals surface area contributed by atoms with Gasteiger partial charge in [0.25, 0.3) is 0 Å². The predicted octanol–water partition coefficient (Wildman–Crippen LogP) is 3.67. The molecule has 0 amide bonds. The number of fused-ring (bicyclic) bond motifs is 1. The molecule has 0 atom stereocenters. The van der Waals surface area contributed by atoms with Crippen LogP contribution in [0, 0.1) is 0 Å². The highest BCUT2D eigenvalue weighted by Gasteiger charge is 2.14. The van der Waals surface area contributed by atoms with Gasteiger partial charge in [0.1, 0.15) is 11.0 Å². The van der Waals surface area contributed by atoms with E-state index in [1.165, 1.54) is 5.69 Å². The van der Waals surface area contributed by atoms with E-state index >= 15 is 0 Å². The quantitative estimate of drug-likeness (QED) is 0.725. The summed E-state index contributed by atoms with van der Waals surface area (Å²) in [5, 5.41) is 10.6. The SMILES string of the molecule is C1=CCCC(c2nc(Nc3ccc(N4CCOCC4)cc3)c3[nH]ncc3n2)=C1. The van der Waals surface area contributed by atoms with E-state index in [4.69, 9.17) is 9.72 Å². The Morgan fingerprint density at radius 1 is 1.07 bits per heavy atom. The third-order valence-electron chi connectivity index (χ3n) is 5.11. The minimum absolute atomic E-state index is 0.743. The van der Waals surface area contributed by atoms with Crippen molar-refractivity contribution in [2.75, 3.05) is 36.5 Å². The van der Waals surface area contributed by atoms with Crippen molar-refractivity contribution in [2.45, 2.75) is 12.8 Å². The maximum Gasteiger partial charge on any atom is 0.160 e. The maximum absolute atomic E-state index is 5.43. The summed E-state index contributed by atoms with van der Waals surface area (Å²) >= 11 is 0. The van der Waals surface area contributed by atoms with Crippen LogP contribution in [-0.4, -0.2) is 46.5 Å². The molecular weight excluding hydrogens is 352 g/mol. The van der Waals surface area contributed by atoms with Gasteiger partial charge in [0, 0.05) is 24.5 Å². The van der Waals surface area contributed by atoms with Gasteiger partial charge in [0.2, 0.25) is 0 Å². The monoisotopic (exact) mass is 374 g/mol. The highest BCUT2D eigenvalue weighted by Crippen LogP contribution is 2.28. The Balaban J connectivity index is 1.43. The van der Waals surface area contributed by atoms with Crippen LogP contribution in [0.4, 0.5) is 17.2 Å². The van der Waals surface area contributed by atoms with E-state index in [0.29, 0.717) is 0 Å². The first-order valence-electron chi connectivity index (χ1n) is 9.64. The molecule has 1 aliphatic carbocycles. The van der Waals surface area contributed by atoms with Crippen LogP contribution < -0.4 is 10.2 Å². The lowest BCUT2D eigenvalue weighted by Gasteiger charge is -2.28. The van der Waals surface area contributed by atoms with Gasteiger partial charge in [-0.15, -0.1) is 0 Å². The maximum atomic E-state index is 5.43. The Bertz CT molecular complexity index is 1030. The zero-order chi connectivity index (χ0) is 18.8. The summed E-state index contributed by atoms with van der Waals surface area (Å²) < 4.78 is 5.43. The number of anilines is 3. The number of aromatic amines is 1. The van der Waals surface area contributed by atoms with Crippen LogP contribution in [0.15, 0.2) is 48.7 Å². The summed E-state index contributed by atoms with van der Waals surface area (Å²) in [6.07, 6.45) is 10.0. The van der Waals surface area contributed by atoms with E-state index in [2.05, 4.69) is 67.9 Å². The molecule has 0 saturated carbocycles. The van der Waals surface area contributed by atoms with E-state index in [0.717, 1.165) is 73.1 Å². The number of hydrogen-bond donors (Lipinski definition) is 2. The summed E-state index contributed by atoms with van der Waals surface area (Å²) in [6, 6.07) is 8.43. The Morgan fingerprint density at radius 3 is 2.71 bits per heavy atom. The first-order valence-corrected chi connectivity index (χ1v) is 9.64. The molecule has 1 saturated heterocycles. The van der Waals surface area contributed by atoms with Gasteiger partial charge < -0.3 is 15.0 Å². The summed E-state index contributed by atoms with van der Waals surface area (Å²) in [5.41, 5.74) is 4.97. The molecular formula is C21H22N6O. The van der Waals surface area contributed by atoms with Gasteiger partial charge in [-0.2, -0.15) is 5.10 Å². The third-order valence-corrected chi connectivity index (χ3v) is 5.11. The molecule has 0 radical (unpaired) electrons. The molecule has 1 aliphatic heterocycles. The van der Waals surface area contributed by atoms with E-state index in [-0.39, 0.29) is 0 Å². The minimum atomic E-state index is 0.743. The fourth-order valence-electron chi connectivity index (χ4n) is 3.58. The van der Waals surface area contributed by atoms with E-state index in [1.807, 2.05) is 0 Å². The Kier molecular flexibility index (Phi) is 4.50. The second kappa shape index (κ2) is 7.44. The van der Waals surface area contributed by atoms with Crippen molar-refractivity contribution in [2.24, 2.45) is 0 Å². The van der Waals surface area contributed by atoms with Gasteiger partial charge >= 0.3 is 0 Å². The third kappa shape index (κ3) is 3.36. The smallest absolute Gasteiger partial charge is 0.160 e. The number of nitrogens with one attached hydrogen (secondary N) is 2. The van der Waals surface area contributed by atoms with Crippen LogP contribution in [-0.2, 0) is 4.74 Å². The molecule has 2 aromatic heterocycles. The van der Waals surface area contributed by atoms with Gasteiger partial charge in [0.15, 0.2) is 11.6 Å². The highest BCUT2D eigenvalue weighted by molar-refractivity contribution is 5.88.